The van der Waals surface area contributed by atoms with Crippen LogP contribution in [0.2, 0.25) is 0 Å². The number of hydrogen-bond acceptors (Lipinski definition) is 6. The van der Waals surface area contributed by atoms with Crippen molar-refractivity contribution in [3.8, 4) is 5.75 Å². The van der Waals surface area contributed by atoms with Crippen molar-refractivity contribution in [2.45, 2.75) is 12.1 Å². The third-order valence-corrected chi connectivity index (χ3v) is 4.20. The smallest absolute Gasteiger partial charge is 0.256 e. The summed E-state index contributed by atoms with van der Waals surface area (Å²) in [5, 5.41) is 13.9. The summed E-state index contributed by atoms with van der Waals surface area (Å²) in [6.07, 6.45) is 6.29. The normalized spacial score (nSPS) is 20.9. The Morgan fingerprint density at radius 1 is 1.40 bits per heavy atom. The minimum Gasteiger partial charge on any atom is -0.506 e. The van der Waals surface area contributed by atoms with Gasteiger partial charge in [-0.25, -0.2) is 0 Å². The van der Waals surface area contributed by atoms with Crippen molar-refractivity contribution in [3.63, 3.8) is 0 Å². The molecule has 2 aromatic heterocycles. The Hall–Kier alpha value is -2.45. The highest BCUT2D eigenvalue weighted by Gasteiger charge is 2.37. The number of amides is 1. The van der Waals surface area contributed by atoms with E-state index in [0.29, 0.717) is 25.3 Å². The van der Waals surface area contributed by atoms with E-state index in [-0.39, 0.29) is 23.8 Å². The maximum absolute atomic E-state index is 13.1. The molecule has 1 fully saturated rings. The SMILES string of the molecule is CN(C)C[C@@H]1OCCN(C(=O)c2cncc(O)c2)[C@H]1c1cnn(C)c1. The molecule has 2 atom stereocenters. The molecule has 1 saturated heterocycles. The number of aryl methyl sites for hydroxylation is 1. The van der Waals surface area contributed by atoms with E-state index in [2.05, 4.69) is 10.1 Å². The van der Waals surface area contributed by atoms with Crippen molar-refractivity contribution in [3.05, 3.63) is 42.0 Å². The molecular weight excluding hydrogens is 322 g/mol. The van der Waals surface area contributed by atoms with E-state index in [1.54, 1.807) is 15.8 Å². The average molecular weight is 345 g/mol. The van der Waals surface area contributed by atoms with Gasteiger partial charge in [-0.3, -0.25) is 14.5 Å². The average Bonchev–Trinajstić information content (AvgIpc) is 2.99. The minimum absolute atomic E-state index is 0.0260. The summed E-state index contributed by atoms with van der Waals surface area (Å²) in [5.41, 5.74) is 1.29. The van der Waals surface area contributed by atoms with Gasteiger partial charge in [-0.05, 0) is 20.2 Å². The lowest BCUT2D eigenvalue weighted by Gasteiger charge is -2.41. The standard InChI is InChI=1S/C17H23N5O3/c1-20(2)11-15-16(13-8-19-21(3)10-13)22(4-5-25-15)17(24)12-6-14(23)9-18-7-12/h6-10,15-16,23H,4-5,11H2,1-3H3/t15-,16-/m0/s1. The molecule has 2 aromatic rings. The van der Waals surface area contributed by atoms with Crippen LogP contribution < -0.4 is 0 Å². The molecule has 0 aliphatic carbocycles. The Labute approximate surface area is 146 Å². The molecule has 0 spiro atoms. The molecule has 1 N–H and O–H groups in total. The quantitative estimate of drug-likeness (QED) is 0.877. The number of pyridine rings is 1. The lowest BCUT2D eigenvalue weighted by molar-refractivity contribution is -0.0684. The molecule has 25 heavy (non-hydrogen) atoms. The summed E-state index contributed by atoms with van der Waals surface area (Å²) < 4.78 is 7.68. The lowest BCUT2D eigenvalue weighted by atomic mass is 9.99. The summed E-state index contributed by atoms with van der Waals surface area (Å²) in [7, 11) is 5.80. The number of hydrogen-bond donors (Lipinski definition) is 1. The van der Waals surface area contributed by atoms with Gasteiger partial charge in [-0.15, -0.1) is 0 Å². The molecule has 0 unspecified atom stereocenters. The second-order valence-corrected chi connectivity index (χ2v) is 6.49. The van der Waals surface area contributed by atoms with Crippen molar-refractivity contribution < 1.29 is 14.6 Å². The van der Waals surface area contributed by atoms with Crippen LogP contribution in [-0.2, 0) is 11.8 Å². The van der Waals surface area contributed by atoms with Gasteiger partial charge in [0, 0.05) is 38.1 Å². The molecule has 134 valence electrons. The highest BCUT2D eigenvalue weighted by atomic mass is 16.5. The van der Waals surface area contributed by atoms with Crippen LogP contribution in [-0.4, -0.2) is 75.5 Å². The van der Waals surface area contributed by atoms with Crippen molar-refractivity contribution in [1.82, 2.24) is 24.6 Å². The van der Waals surface area contributed by atoms with E-state index in [1.165, 1.54) is 18.5 Å². The van der Waals surface area contributed by atoms with Crippen LogP contribution in [0.5, 0.6) is 5.75 Å². The van der Waals surface area contributed by atoms with E-state index in [1.807, 2.05) is 32.2 Å². The lowest BCUT2D eigenvalue weighted by Crippen LogP contribution is -2.51. The number of ether oxygens (including phenoxy) is 1. The maximum atomic E-state index is 13.1. The molecular formula is C17H23N5O3. The molecule has 1 aliphatic heterocycles. The van der Waals surface area contributed by atoms with Crippen molar-refractivity contribution >= 4 is 5.91 Å². The van der Waals surface area contributed by atoms with Gasteiger partial charge in [-0.1, -0.05) is 0 Å². The van der Waals surface area contributed by atoms with Crippen molar-refractivity contribution in [1.29, 1.82) is 0 Å². The third kappa shape index (κ3) is 3.80. The molecule has 1 aliphatic rings. The molecule has 0 radical (unpaired) electrons. The van der Waals surface area contributed by atoms with Crippen LogP contribution in [0.25, 0.3) is 0 Å². The van der Waals surface area contributed by atoms with Crippen molar-refractivity contribution in [2.75, 3.05) is 33.8 Å². The third-order valence-electron chi connectivity index (χ3n) is 4.20. The van der Waals surface area contributed by atoms with E-state index in [4.69, 9.17) is 4.74 Å². The molecule has 0 bridgehead atoms. The monoisotopic (exact) mass is 345 g/mol. The zero-order valence-corrected chi connectivity index (χ0v) is 14.7. The highest BCUT2D eigenvalue weighted by Crippen LogP contribution is 2.31. The number of likely N-dealkylation sites (N-methyl/N-ethyl adjacent to an activating group) is 1. The van der Waals surface area contributed by atoms with Crippen LogP contribution in [0.3, 0.4) is 0 Å². The largest absolute Gasteiger partial charge is 0.506 e. The molecule has 8 nitrogen and oxygen atoms in total. The second-order valence-electron chi connectivity index (χ2n) is 6.49. The van der Waals surface area contributed by atoms with E-state index in [0.717, 1.165) is 5.56 Å². The number of aromatic nitrogens is 3. The van der Waals surface area contributed by atoms with Gasteiger partial charge < -0.3 is 19.6 Å². The minimum atomic E-state index is -0.250. The summed E-state index contributed by atoms with van der Waals surface area (Å²) >= 11 is 0. The number of nitrogens with zero attached hydrogens (tertiary/aromatic N) is 5. The first-order valence-electron chi connectivity index (χ1n) is 8.15. The Morgan fingerprint density at radius 3 is 2.84 bits per heavy atom. The summed E-state index contributed by atoms with van der Waals surface area (Å²) in [4.78, 5) is 20.8. The Morgan fingerprint density at radius 2 is 2.20 bits per heavy atom. The molecule has 3 rings (SSSR count). The molecule has 8 heteroatoms. The molecule has 0 saturated carbocycles. The van der Waals surface area contributed by atoms with Crippen LogP contribution in [0.4, 0.5) is 0 Å². The number of morpholine rings is 1. The van der Waals surface area contributed by atoms with Gasteiger partial charge in [0.1, 0.15) is 5.75 Å². The Bertz CT molecular complexity index is 745. The van der Waals surface area contributed by atoms with Crippen LogP contribution in [0.15, 0.2) is 30.9 Å². The van der Waals surface area contributed by atoms with Crippen molar-refractivity contribution in [2.24, 2.45) is 7.05 Å². The van der Waals surface area contributed by atoms with Crippen LogP contribution in [0, 0.1) is 0 Å². The summed E-state index contributed by atoms with van der Waals surface area (Å²) in [6.45, 7) is 1.62. The van der Waals surface area contributed by atoms with Gasteiger partial charge in [0.25, 0.3) is 5.91 Å². The van der Waals surface area contributed by atoms with Gasteiger partial charge in [0.2, 0.25) is 0 Å². The maximum Gasteiger partial charge on any atom is 0.256 e. The van der Waals surface area contributed by atoms with E-state index < -0.39 is 0 Å². The highest BCUT2D eigenvalue weighted by molar-refractivity contribution is 5.94. The van der Waals surface area contributed by atoms with Gasteiger partial charge >= 0.3 is 0 Å². The first-order chi connectivity index (χ1) is 12.0. The Balaban J connectivity index is 1.95. The van der Waals surface area contributed by atoms with Crippen LogP contribution >= 0.6 is 0 Å². The number of aromatic hydroxyl groups is 1. The first-order valence-corrected chi connectivity index (χ1v) is 8.15. The molecule has 0 aromatic carbocycles. The fourth-order valence-electron chi connectivity index (χ4n) is 3.17. The fourth-order valence-corrected chi connectivity index (χ4v) is 3.17. The Kier molecular flexibility index (Phi) is 5.00. The number of carbonyl (C=O) groups is 1. The van der Waals surface area contributed by atoms with Crippen LogP contribution in [0.1, 0.15) is 22.0 Å². The first kappa shape index (κ1) is 17.4. The fraction of sp³-hybridized carbons (Fsp3) is 0.471. The van der Waals surface area contributed by atoms with Gasteiger partial charge in [-0.2, -0.15) is 5.10 Å². The second kappa shape index (κ2) is 7.20. The van der Waals surface area contributed by atoms with Gasteiger partial charge in [0.05, 0.1) is 36.7 Å². The predicted molar refractivity (Wildman–Crippen MR) is 91.2 cm³/mol. The summed E-state index contributed by atoms with van der Waals surface area (Å²) in [5.74, 6) is -0.203. The van der Waals surface area contributed by atoms with Gasteiger partial charge in [0.15, 0.2) is 0 Å². The molecule has 1 amide bonds. The predicted octanol–water partition coefficient (Wildman–Crippen LogP) is 0.665. The number of rotatable bonds is 4. The molecule has 3 heterocycles. The summed E-state index contributed by atoms with van der Waals surface area (Å²) in [6, 6.07) is 1.19. The number of carbonyl (C=O) groups excluding carboxylic acids is 1. The zero-order chi connectivity index (χ0) is 18.0. The zero-order valence-electron chi connectivity index (χ0n) is 14.7. The topological polar surface area (TPSA) is 83.7 Å². The van der Waals surface area contributed by atoms with E-state index in [9.17, 15) is 9.90 Å². The van der Waals surface area contributed by atoms with E-state index >= 15 is 0 Å².